The second kappa shape index (κ2) is 9.79. The number of benzene rings is 2. The number of hydrogen-bond donors (Lipinski definition) is 0. The second-order valence-corrected chi connectivity index (χ2v) is 9.48. The highest BCUT2D eigenvalue weighted by atomic mass is 32.2. The molecule has 5 rings (SSSR count). The summed E-state index contributed by atoms with van der Waals surface area (Å²) in [4.78, 5) is 8.96. The summed E-state index contributed by atoms with van der Waals surface area (Å²) in [5, 5.41) is 5.67. The van der Waals surface area contributed by atoms with Gasteiger partial charge in [-0.05, 0) is 50.8 Å². The average Bonchev–Trinajstić information content (AvgIpc) is 3.47. The van der Waals surface area contributed by atoms with Crippen molar-refractivity contribution in [3.8, 4) is 33.8 Å². The molecule has 0 amide bonds. The molecule has 3 heterocycles. The Hall–Kier alpha value is -3.49. The minimum Gasteiger partial charge on any atom is -0.438 e. The number of hydrogen-bond acceptors (Lipinski definition) is 6. The quantitative estimate of drug-likeness (QED) is 0.199. The fourth-order valence-electron chi connectivity index (χ4n) is 3.82. The van der Waals surface area contributed by atoms with E-state index >= 15 is 0 Å². The Balaban J connectivity index is 1.57. The van der Waals surface area contributed by atoms with Gasteiger partial charge in [0.25, 0.3) is 0 Å². The summed E-state index contributed by atoms with van der Waals surface area (Å²) in [5.74, 6) is 1.44. The molecule has 0 radical (unpaired) electrons. The Bertz CT molecular complexity index is 1400. The van der Waals surface area contributed by atoms with Gasteiger partial charge in [-0.25, -0.2) is 14.4 Å². The summed E-state index contributed by atoms with van der Waals surface area (Å²) < 4.78 is 23.7. The number of furan rings is 1. The summed E-state index contributed by atoms with van der Waals surface area (Å²) in [6.45, 7) is 0.768. The molecule has 0 fully saturated rings. The normalized spacial score (nSPS) is 11.5. The topological polar surface area (TPSA) is 60.0 Å². The van der Waals surface area contributed by atoms with Crippen LogP contribution in [0.5, 0.6) is 0 Å². The molecule has 5 aromatic rings. The summed E-state index contributed by atoms with van der Waals surface area (Å²) in [6, 6.07) is 18.3. The predicted molar refractivity (Wildman–Crippen MR) is 135 cm³/mol. The first-order chi connectivity index (χ1) is 16.6. The highest BCUT2D eigenvalue weighted by Crippen LogP contribution is 2.36. The Morgan fingerprint density at radius 1 is 0.971 bits per heavy atom. The monoisotopic (exact) mass is 473 g/mol. The molecular weight excluding hydrogens is 449 g/mol. The zero-order chi connectivity index (χ0) is 23.5. The van der Waals surface area contributed by atoms with E-state index in [0.717, 1.165) is 57.9 Å². The van der Waals surface area contributed by atoms with Gasteiger partial charge in [0, 0.05) is 35.2 Å². The lowest BCUT2D eigenvalue weighted by molar-refractivity contribution is 0.603. The van der Waals surface area contributed by atoms with Crippen LogP contribution in [0.4, 0.5) is 4.39 Å². The van der Waals surface area contributed by atoms with Crippen LogP contribution >= 0.6 is 11.9 Å². The van der Waals surface area contributed by atoms with Gasteiger partial charge < -0.3 is 4.42 Å². The third kappa shape index (κ3) is 4.73. The molecule has 0 bridgehead atoms. The van der Waals surface area contributed by atoms with Crippen molar-refractivity contribution in [2.24, 2.45) is 0 Å². The van der Waals surface area contributed by atoms with E-state index in [1.165, 1.54) is 18.5 Å². The summed E-state index contributed by atoms with van der Waals surface area (Å²) in [6.07, 6.45) is 4.49. The lowest BCUT2D eigenvalue weighted by Crippen LogP contribution is -2.04. The predicted octanol–water partition coefficient (Wildman–Crippen LogP) is 6.16. The van der Waals surface area contributed by atoms with Gasteiger partial charge in [0.05, 0.1) is 11.1 Å². The van der Waals surface area contributed by atoms with Crippen molar-refractivity contribution in [2.75, 3.05) is 19.8 Å². The summed E-state index contributed by atoms with van der Waals surface area (Å²) in [7, 11) is 4.08. The van der Waals surface area contributed by atoms with E-state index in [2.05, 4.69) is 14.3 Å². The highest BCUT2D eigenvalue weighted by molar-refractivity contribution is 7.96. The lowest BCUT2D eigenvalue weighted by atomic mass is 10.0. The number of halogens is 1. The average molecular weight is 474 g/mol. The molecule has 6 nitrogen and oxygen atoms in total. The first-order valence-electron chi connectivity index (χ1n) is 11.0. The van der Waals surface area contributed by atoms with Crippen molar-refractivity contribution in [1.29, 1.82) is 0 Å². The third-order valence-corrected chi connectivity index (χ3v) is 6.39. The smallest absolute Gasteiger partial charge is 0.230 e. The molecule has 8 heteroatoms. The van der Waals surface area contributed by atoms with Crippen LogP contribution in [-0.2, 0) is 6.54 Å². The van der Waals surface area contributed by atoms with Gasteiger partial charge in [-0.15, -0.1) is 0 Å². The van der Waals surface area contributed by atoms with Crippen molar-refractivity contribution >= 4 is 23.0 Å². The fraction of sp³-hybridized carbons (Fsp3) is 0.192. The van der Waals surface area contributed by atoms with Crippen molar-refractivity contribution in [1.82, 2.24) is 24.1 Å². The van der Waals surface area contributed by atoms with Gasteiger partial charge in [-0.2, -0.15) is 5.10 Å². The molecule has 172 valence electrons. The van der Waals surface area contributed by atoms with E-state index in [1.54, 1.807) is 24.1 Å². The maximum Gasteiger partial charge on any atom is 0.230 e. The first kappa shape index (κ1) is 22.3. The summed E-state index contributed by atoms with van der Waals surface area (Å²) in [5.41, 5.74) is 4.67. The first-order valence-corrected chi connectivity index (χ1v) is 12.0. The Morgan fingerprint density at radius 3 is 2.53 bits per heavy atom. The number of aryl methyl sites for hydroxylation is 1. The minimum atomic E-state index is -0.280. The van der Waals surface area contributed by atoms with Crippen LogP contribution in [0.25, 0.3) is 44.9 Å². The van der Waals surface area contributed by atoms with E-state index < -0.39 is 0 Å². The molecule has 0 aliphatic heterocycles. The zero-order valence-corrected chi connectivity index (χ0v) is 19.8. The van der Waals surface area contributed by atoms with Gasteiger partial charge in [0.1, 0.15) is 23.6 Å². The molecule has 3 aromatic heterocycles. The molecule has 0 N–H and O–H groups in total. The molecule has 34 heavy (non-hydrogen) atoms. The molecule has 0 saturated heterocycles. The van der Waals surface area contributed by atoms with Crippen molar-refractivity contribution in [2.45, 2.75) is 13.0 Å². The zero-order valence-electron chi connectivity index (χ0n) is 19.0. The SMILES string of the molecule is CN(C)SCCCn1cc(-c2ncnc3oc(-c4ccccc4)cc23)c(-c2ccc(F)cc2)n1. The third-order valence-electron chi connectivity index (χ3n) is 5.40. The van der Waals surface area contributed by atoms with Crippen molar-refractivity contribution in [3.05, 3.63) is 79.0 Å². The number of aromatic nitrogens is 4. The van der Waals surface area contributed by atoms with Crippen LogP contribution in [0.3, 0.4) is 0 Å². The van der Waals surface area contributed by atoms with Gasteiger partial charge >= 0.3 is 0 Å². The van der Waals surface area contributed by atoms with Crippen LogP contribution in [0.1, 0.15) is 6.42 Å². The van der Waals surface area contributed by atoms with E-state index in [0.29, 0.717) is 5.71 Å². The number of rotatable bonds is 8. The van der Waals surface area contributed by atoms with E-state index in [1.807, 2.05) is 61.4 Å². The number of fused-ring (bicyclic) bond motifs is 1. The Morgan fingerprint density at radius 2 is 1.76 bits per heavy atom. The molecular formula is C26H24FN5OS. The maximum absolute atomic E-state index is 13.6. The molecule has 0 unspecified atom stereocenters. The minimum absolute atomic E-state index is 0.280. The molecule has 2 aromatic carbocycles. The van der Waals surface area contributed by atoms with E-state index in [9.17, 15) is 4.39 Å². The van der Waals surface area contributed by atoms with E-state index in [4.69, 9.17) is 9.52 Å². The molecule has 0 aliphatic carbocycles. The second-order valence-electron chi connectivity index (χ2n) is 8.08. The van der Waals surface area contributed by atoms with Crippen LogP contribution in [0.2, 0.25) is 0 Å². The van der Waals surface area contributed by atoms with Crippen molar-refractivity contribution < 1.29 is 8.81 Å². The Labute approximate surface area is 201 Å². The van der Waals surface area contributed by atoms with Gasteiger partial charge in [-0.3, -0.25) is 8.99 Å². The maximum atomic E-state index is 13.6. The van der Waals surface area contributed by atoms with Crippen LogP contribution in [0.15, 0.2) is 77.6 Å². The fourth-order valence-corrected chi connectivity index (χ4v) is 4.44. The van der Waals surface area contributed by atoms with Crippen LogP contribution in [0, 0.1) is 5.82 Å². The lowest BCUT2D eigenvalue weighted by Gasteiger charge is -2.07. The van der Waals surface area contributed by atoms with Gasteiger partial charge in [0.2, 0.25) is 5.71 Å². The van der Waals surface area contributed by atoms with Crippen LogP contribution < -0.4 is 0 Å². The summed E-state index contributed by atoms with van der Waals surface area (Å²) >= 11 is 1.78. The molecule has 0 aliphatic rings. The standard InChI is InChI=1S/C26H24FN5OS/c1-31(2)34-14-6-13-32-16-22(24(30-32)19-9-11-20(27)12-10-19)25-21-15-23(18-7-4-3-5-8-18)33-26(21)29-17-28-25/h3-5,7-12,15-17H,6,13-14H2,1-2H3. The van der Waals surface area contributed by atoms with Crippen LogP contribution in [-0.4, -0.2) is 43.9 Å². The van der Waals surface area contributed by atoms with Gasteiger partial charge in [0.15, 0.2) is 0 Å². The molecule has 0 spiro atoms. The molecule has 0 saturated carbocycles. The Kier molecular flexibility index (Phi) is 6.42. The molecule has 0 atom stereocenters. The highest BCUT2D eigenvalue weighted by Gasteiger charge is 2.20. The van der Waals surface area contributed by atoms with Crippen molar-refractivity contribution in [3.63, 3.8) is 0 Å². The largest absolute Gasteiger partial charge is 0.438 e. The van der Waals surface area contributed by atoms with E-state index in [-0.39, 0.29) is 5.82 Å². The number of nitrogens with zero attached hydrogens (tertiary/aromatic N) is 5. The van der Waals surface area contributed by atoms with Gasteiger partial charge in [-0.1, -0.05) is 42.3 Å².